The van der Waals surface area contributed by atoms with Crippen LogP contribution in [-0.2, 0) is 0 Å². The monoisotopic (exact) mass is 344 g/mol. The van der Waals surface area contributed by atoms with Gasteiger partial charge >= 0.3 is 0 Å². The fraction of sp³-hybridized carbons (Fsp3) is 0.211. The summed E-state index contributed by atoms with van der Waals surface area (Å²) in [6.07, 6.45) is 1.69. The van der Waals surface area contributed by atoms with Gasteiger partial charge in [-0.2, -0.15) is 0 Å². The minimum atomic E-state index is -0.167. The number of rotatable bonds is 3. The highest BCUT2D eigenvalue weighted by atomic mass is 35.5. The van der Waals surface area contributed by atoms with Crippen molar-refractivity contribution in [1.29, 1.82) is 0 Å². The van der Waals surface area contributed by atoms with E-state index in [0.29, 0.717) is 27.8 Å². The Morgan fingerprint density at radius 1 is 1.08 bits per heavy atom. The number of carbonyl (C=O) groups is 1. The Labute approximate surface area is 145 Å². The molecule has 0 saturated heterocycles. The van der Waals surface area contributed by atoms with Gasteiger partial charge in [0.2, 0.25) is 5.78 Å². The Balaban J connectivity index is 2.02. The summed E-state index contributed by atoms with van der Waals surface area (Å²) in [5.74, 6) is 1.86. The van der Waals surface area contributed by atoms with Crippen LogP contribution in [0.15, 0.2) is 30.0 Å². The van der Waals surface area contributed by atoms with E-state index < -0.39 is 0 Å². The summed E-state index contributed by atoms with van der Waals surface area (Å²) in [4.78, 5) is 12.7. The Morgan fingerprint density at radius 3 is 2.46 bits per heavy atom. The number of benzene rings is 2. The van der Waals surface area contributed by atoms with E-state index in [0.717, 1.165) is 16.7 Å². The smallest absolute Gasteiger partial charge is 0.232 e. The van der Waals surface area contributed by atoms with Crippen LogP contribution in [0.3, 0.4) is 0 Å². The molecule has 0 N–H and O–H groups in total. The molecule has 0 fully saturated rings. The summed E-state index contributed by atoms with van der Waals surface area (Å²) in [6, 6.07) is 7.19. The predicted molar refractivity (Wildman–Crippen MR) is 93.4 cm³/mol. The van der Waals surface area contributed by atoms with Crippen molar-refractivity contribution in [2.24, 2.45) is 0 Å². The van der Waals surface area contributed by atoms with Crippen molar-refractivity contribution in [3.8, 4) is 17.2 Å². The summed E-state index contributed by atoms with van der Waals surface area (Å²) in [7, 11) is 3.14. The Kier molecular flexibility index (Phi) is 4.24. The first-order chi connectivity index (χ1) is 11.5. The number of allylic oxidation sites excluding steroid dienone is 1. The first kappa shape index (κ1) is 16.4. The van der Waals surface area contributed by atoms with E-state index >= 15 is 0 Å². The first-order valence-corrected chi connectivity index (χ1v) is 7.80. The molecule has 0 bridgehead atoms. The average molecular weight is 345 g/mol. The van der Waals surface area contributed by atoms with Gasteiger partial charge in [0.1, 0.15) is 5.75 Å². The second-order valence-corrected chi connectivity index (χ2v) is 5.94. The molecule has 2 aromatic carbocycles. The Morgan fingerprint density at radius 2 is 1.79 bits per heavy atom. The van der Waals surface area contributed by atoms with Crippen molar-refractivity contribution >= 4 is 23.5 Å². The van der Waals surface area contributed by atoms with Crippen molar-refractivity contribution in [2.75, 3.05) is 14.2 Å². The van der Waals surface area contributed by atoms with Crippen LogP contribution in [-0.4, -0.2) is 20.0 Å². The van der Waals surface area contributed by atoms with E-state index in [1.807, 2.05) is 19.9 Å². The zero-order chi connectivity index (χ0) is 17.4. The van der Waals surface area contributed by atoms with E-state index in [4.69, 9.17) is 25.8 Å². The van der Waals surface area contributed by atoms with Crippen LogP contribution < -0.4 is 14.2 Å². The molecule has 0 radical (unpaired) electrons. The molecular weight excluding hydrogens is 328 g/mol. The highest BCUT2D eigenvalue weighted by Gasteiger charge is 2.30. The van der Waals surface area contributed by atoms with Crippen LogP contribution in [0.4, 0.5) is 0 Å². The number of fused-ring (bicyclic) bond motifs is 1. The number of carbonyl (C=O) groups excluding carboxylic acids is 1. The van der Waals surface area contributed by atoms with Crippen molar-refractivity contribution in [1.82, 2.24) is 0 Å². The molecule has 4 nitrogen and oxygen atoms in total. The molecule has 24 heavy (non-hydrogen) atoms. The molecule has 1 aliphatic heterocycles. The fourth-order valence-electron chi connectivity index (χ4n) is 2.76. The number of ketones is 1. The van der Waals surface area contributed by atoms with Crippen molar-refractivity contribution in [3.63, 3.8) is 0 Å². The van der Waals surface area contributed by atoms with Gasteiger partial charge < -0.3 is 14.2 Å². The highest BCUT2D eigenvalue weighted by molar-refractivity contribution is 6.33. The minimum absolute atomic E-state index is 0.167. The van der Waals surface area contributed by atoms with Crippen LogP contribution in [0.5, 0.6) is 17.2 Å². The third kappa shape index (κ3) is 2.63. The van der Waals surface area contributed by atoms with Crippen molar-refractivity contribution in [3.05, 3.63) is 57.3 Å². The van der Waals surface area contributed by atoms with Gasteiger partial charge in [-0.15, -0.1) is 0 Å². The van der Waals surface area contributed by atoms with Gasteiger partial charge in [-0.25, -0.2) is 0 Å². The van der Waals surface area contributed by atoms with Gasteiger partial charge in [0.25, 0.3) is 0 Å². The summed E-state index contributed by atoms with van der Waals surface area (Å²) < 4.78 is 16.3. The number of aryl methyl sites for hydroxylation is 1. The first-order valence-electron chi connectivity index (χ1n) is 7.42. The number of ether oxygens (including phenoxy) is 3. The topological polar surface area (TPSA) is 44.8 Å². The number of methoxy groups -OCH3 is 2. The van der Waals surface area contributed by atoms with Gasteiger partial charge in [0.15, 0.2) is 17.3 Å². The number of hydrogen-bond donors (Lipinski definition) is 0. The fourth-order valence-corrected chi connectivity index (χ4v) is 2.91. The quantitative estimate of drug-likeness (QED) is 0.764. The summed E-state index contributed by atoms with van der Waals surface area (Å²) in [5.41, 5.74) is 2.93. The molecule has 0 unspecified atom stereocenters. The number of halogens is 1. The molecule has 0 atom stereocenters. The maximum Gasteiger partial charge on any atom is 0.232 e. The zero-order valence-electron chi connectivity index (χ0n) is 13.9. The molecule has 0 amide bonds. The SMILES string of the molecule is COc1ccc(/C=C2\Oc3cc(C)c(Cl)c(C)c3C2=O)cc1OC. The Hall–Kier alpha value is -2.46. The lowest BCUT2D eigenvalue weighted by molar-refractivity contribution is 0.101. The second kappa shape index (κ2) is 6.21. The molecule has 2 aromatic rings. The van der Waals surface area contributed by atoms with Gasteiger partial charge in [-0.05, 0) is 54.8 Å². The van der Waals surface area contributed by atoms with Gasteiger partial charge in [-0.3, -0.25) is 4.79 Å². The molecule has 124 valence electrons. The maximum atomic E-state index is 12.7. The van der Waals surface area contributed by atoms with E-state index in [-0.39, 0.29) is 11.5 Å². The lowest BCUT2D eigenvalue weighted by atomic mass is 10.0. The van der Waals surface area contributed by atoms with Crippen LogP contribution in [0.25, 0.3) is 6.08 Å². The number of Topliss-reactive ketones (excluding diaryl/α,β-unsaturated/α-hetero) is 1. The van der Waals surface area contributed by atoms with Crippen LogP contribution in [0, 0.1) is 13.8 Å². The molecule has 0 aromatic heterocycles. The maximum absolute atomic E-state index is 12.7. The van der Waals surface area contributed by atoms with Crippen molar-refractivity contribution in [2.45, 2.75) is 13.8 Å². The molecule has 0 aliphatic carbocycles. The van der Waals surface area contributed by atoms with Crippen molar-refractivity contribution < 1.29 is 19.0 Å². The zero-order valence-corrected chi connectivity index (χ0v) is 14.7. The predicted octanol–water partition coefficient (Wildman–Crippen LogP) is 4.59. The third-order valence-electron chi connectivity index (χ3n) is 4.02. The molecular formula is C19H17ClO4. The standard InChI is InChI=1S/C19H17ClO4/c1-10-7-15-17(11(2)18(10)20)19(21)16(24-15)9-12-5-6-13(22-3)14(8-12)23-4/h5-9H,1-4H3/b16-9-. The largest absolute Gasteiger partial charge is 0.493 e. The van der Waals surface area contributed by atoms with Crippen LogP contribution >= 0.6 is 11.6 Å². The molecule has 1 heterocycles. The van der Waals surface area contributed by atoms with Gasteiger partial charge in [0, 0.05) is 5.02 Å². The summed E-state index contributed by atoms with van der Waals surface area (Å²) in [6.45, 7) is 3.72. The van der Waals surface area contributed by atoms with E-state index in [9.17, 15) is 4.79 Å². The second-order valence-electron chi connectivity index (χ2n) is 5.56. The average Bonchev–Trinajstić information content (AvgIpc) is 2.88. The van der Waals surface area contributed by atoms with E-state index in [1.54, 1.807) is 38.5 Å². The minimum Gasteiger partial charge on any atom is -0.493 e. The molecule has 3 rings (SSSR count). The Bertz CT molecular complexity index is 868. The molecule has 0 saturated carbocycles. The molecule has 1 aliphatic rings. The van der Waals surface area contributed by atoms with Crippen LogP contribution in [0.1, 0.15) is 27.0 Å². The van der Waals surface area contributed by atoms with E-state index in [2.05, 4.69) is 0 Å². The lowest BCUT2D eigenvalue weighted by Crippen LogP contribution is -2.00. The molecule has 0 spiro atoms. The summed E-state index contributed by atoms with van der Waals surface area (Å²) in [5, 5.41) is 0.595. The van der Waals surface area contributed by atoms with Gasteiger partial charge in [-0.1, -0.05) is 17.7 Å². The normalized spacial score (nSPS) is 14.5. The third-order valence-corrected chi connectivity index (χ3v) is 4.60. The van der Waals surface area contributed by atoms with E-state index in [1.165, 1.54) is 0 Å². The van der Waals surface area contributed by atoms with Gasteiger partial charge in [0.05, 0.1) is 19.8 Å². The molecule has 5 heteroatoms. The highest BCUT2D eigenvalue weighted by Crippen LogP contribution is 2.39. The lowest BCUT2D eigenvalue weighted by Gasteiger charge is -2.08. The number of hydrogen-bond acceptors (Lipinski definition) is 4. The summed E-state index contributed by atoms with van der Waals surface area (Å²) >= 11 is 6.25. The van der Waals surface area contributed by atoms with Crippen LogP contribution in [0.2, 0.25) is 5.02 Å².